The standard InChI is InChI=1S/C19H25N3O2/c1-18(2,3)24-17(23)22-11-8-16-19(22,9-10-20-16)14-12-21-15-7-5-4-6-13(14)15/h4-7,12,16,20-21H,8-11H2,1-3H3/t16-,19-/m1/s1. The summed E-state index contributed by atoms with van der Waals surface area (Å²) in [4.78, 5) is 18.2. The number of benzene rings is 1. The molecule has 2 N–H and O–H groups in total. The first-order valence-electron chi connectivity index (χ1n) is 8.72. The van der Waals surface area contributed by atoms with Crippen LogP contribution in [0.15, 0.2) is 30.5 Å². The monoisotopic (exact) mass is 327 g/mol. The van der Waals surface area contributed by atoms with Crippen molar-refractivity contribution in [1.82, 2.24) is 15.2 Å². The maximum atomic E-state index is 12.9. The van der Waals surface area contributed by atoms with Gasteiger partial charge in [0, 0.05) is 35.2 Å². The van der Waals surface area contributed by atoms with E-state index < -0.39 is 5.60 Å². The molecule has 2 fully saturated rings. The van der Waals surface area contributed by atoms with Gasteiger partial charge in [-0.2, -0.15) is 0 Å². The molecule has 2 atom stereocenters. The summed E-state index contributed by atoms with van der Waals surface area (Å²) < 4.78 is 5.71. The van der Waals surface area contributed by atoms with Crippen LogP contribution in [0.3, 0.4) is 0 Å². The number of H-pyrrole nitrogens is 1. The molecule has 0 aliphatic carbocycles. The number of nitrogens with one attached hydrogen (secondary N) is 2. The van der Waals surface area contributed by atoms with Gasteiger partial charge in [-0.3, -0.25) is 4.90 Å². The fraction of sp³-hybridized carbons (Fsp3) is 0.526. The highest BCUT2D eigenvalue weighted by atomic mass is 16.6. The van der Waals surface area contributed by atoms with E-state index in [1.165, 1.54) is 10.9 Å². The summed E-state index contributed by atoms with van der Waals surface area (Å²) in [6, 6.07) is 8.59. The topological polar surface area (TPSA) is 57.4 Å². The molecule has 2 aromatic rings. The van der Waals surface area contributed by atoms with Crippen LogP contribution in [0.5, 0.6) is 0 Å². The molecule has 128 valence electrons. The van der Waals surface area contributed by atoms with Gasteiger partial charge in [0.15, 0.2) is 0 Å². The molecule has 0 spiro atoms. The molecule has 3 heterocycles. The molecular formula is C19H25N3O2. The van der Waals surface area contributed by atoms with E-state index in [9.17, 15) is 4.79 Å². The Morgan fingerprint density at radius 2 is 2.12 bits per heavy atom. The summed E-state index contributed by atoms with van der Waals surface area (Å²) in [6.45, 7) is 7.41. The van der Waals surface area contributed by atoms with E-state index in [0.29, 0.717) is 0 Å². The van der Waals surface area contributed by atoms with Crippen molar-refractivity contribution in [3.63, 3.8) is 0 Å². The van der Waals surface area contributed by atoms with Crippen molar-refractivity contribution in [2.75, 3.05) is 13.1 Å². The van der Waals surface area contributed by atoms with Gasteiger partial charge in [0.2, 0.25) is 0 Å². The number of nitrogens with zero attached hydrogens (tertiary/aromatic N) is 1. The minimum atomic E-state index is -0.484. The molecule has 2 saturated heterocycles. The Hall–Kier alpha value is -2.01. The summed E-state index contributed by atoms with van der Waals surface area (Å²) >= 11 is 0. The van der Waals surface area contributed by atoms with E-state index in [4.69, 9.17) is 4.74 Å². The minimum Gasteiger partial charge on any atom is -0.444 e. The molecule has 5 nitrogen and oxygen atoms in total. The zero-order chi connectivity index (χ0) is 16.9. The van der Waals surface area contributed by atoms with E-state index >= 15 is 0 Å². The smallest absolute Gasteiger partial charge is 0.411 e. The fourth-order valence-electron chi connectivity index (χ4n) is 4.37. The van der Waals surface area contributed by atoms with Crippen LogP contribution >= 0.6 is 0 Å². The second kappa shape index (κ2) is 5.24. The Morgan fingerprint density at radius 1 is 1.33 bits per heavy atom. The summed E-state index contributed by atoms with van der Waals surface area (Å²) in [5.41, 5.74) is 1.52. The number of aromatic amines is 1. The number of amides is 1. The van der Waals surface area contributed by atoms with Crippen LogP contribution in [-0.4, -0.2) is 40.7 Å². The number of aromatic nitrogens is 1. The summed E-state index contributed by atoms with van der Waals surface area (Å²) in [7, 11) is 0. The van der Waals surface area contributed by atoms with Gasteiger partial charge in [0.05, 0.1) is 5.54 Å². The lowest BCUT2D eigenvalue weighted by Crippen LogP contribution is -2.50. The Labute approximate surface area is 142 Å². The molecule has 0 unspecified atom stereocenters. The molecule has 1 aromatic heterocycles. The number of hydrogen-bond acceptors (Lipinski definition) is 3. The lowest BCUT2D eigenvalue weighted by atomic mass is 9.83. The van der Waals surface area contributed by atoms with Gasteiger partial charge in [-0.1, -0.05) is 18.2 Å². The highest BCUT2D eigenvalue weighted by Crippen LogP contribution is 2.47. The van der Waals surface area contributed by atoms with Crippen LogP contribution in [0, 0.1) is 0 Å². The van der Waals surface area contributed by atoms with E-state index in [1.807, 2.05) is 31.7 Å². The van der Waals surface area contributed by atoms with Crippen molar-refractivity contribution in [2.24, 2.45) is 0 Å². The molecule has 5 heteroatoms. The molecule has 1 amide bonds. The SMILES string of the molecule is CC(C)(C)OC(=O)N1CC[C@H]2NCC[C@@]21c1c[nH]c2ccccc12. The number of hydrogen-bond donors (Lipinski definition) is 2. The highest BCUT2D eigenvalue weighted by molar-refractivity contribution is 5.85. The third-order valence-electron chi connectivity index (χ3n) is 5.27. The van der Waals surface area contributed by atoms with Crippen LogP contribution in [0.4, 0.5) is 4.79 Å². The number of fused-ring (bicyclic) bond motifs is 2. The zero-order valence-electron chi connectivity index (χ0n) is 14.6. The first-order chi connectivity index (χ1) is 11.4. The second-order valence-corrected chi connectivity index (χ2v) is 7.85. The van der Waals surface area contributed by atoms with E-state index in [0.717, 1.165) is 31.4 Å². The quantitative estimate of drug-likeness (QED) is 0.844. The predicted molar refractivity (Wildman–Crippen MR) is 93.9 cm³/mol. The Balaban J connectivity index is 1.80. The Kier molecular flexibility index (Phi) is 3.39. The van der Waals surface area contributed by atoms with Crippen molar-refractivity contribution < 1.29 is 9.53 Å². The lowest BCUT2D eigenvalue weighted by molar-refractivity contribution is 0.00707. The zero-order valence-corrected chi connectivity index (χ0v) is 14.6. The number of ether oxygens (including phenoxy) is 1. The van der Waals surface area contributed by atoms with Crippen LogP contribution in [0.1, 0.15) is 39.2 Å². The minimum absolute atomic E-state index is 0.209. The Bertz CT molecular complexity index is 776. The van der Waals surface area contributed by atoms with E-state index in [2.05, 4.69) is 34.7 Å². The molecule has 2 aliphatic rings. The summed E-state index contributed by atoms with van der Waals surface area (Å²) in [5.74, 6) is 0. The molecule has 4 rings (SSSR count). The van der Waals surface area contributed by atoms with E-state index in [-0.39, 0.29) is 17.7 Å². The normalized spacial score (nSPS) is 26.8. The molecule has 0 bridgehead atoms. The van der Waals surface area contributed by atoms with Crippen molar-refractivity contribution in [2.45, 2.75) is 50.8 Å². The third kappa shape index (κ3) is 2.22. The molecule has 24 heavy (non-hydrogen) atoms. The Morgan fingerprint density at radius 3 is 2.92 bits per heavy atom. The second-order valence-electron chi connectivity index (χ2n) is 7.85. The highest BCUT2D eigenvalue weighted by Gasteiger charge is 2.56. The molecule has 2 aliphatic heterocycles. The summed E-state index contributed by atoms with van der Waals surface area (Å²) in [6.07, 6.45) is 3.74. The van der Waals surface area contributed by atoms with Gasteiger partial charge in [-0.25, -0.2) is 4.79 Å². The van der Waals surface area contributed by atoms with Crippen LogP contribution in [-0.2, 0) is 10.3 Å². The lowest BCUT2D eigenvalue weighted by Gasteiger charge is -2.38. The third-order valence-corrected chi connectivity index (χ3v) is 5.27. The number of likely N-dealkylation sites (tertiary alicyclic amines) is 1. The number of carbonyl (C=O) groups excluding carboxylic acids is 1. The van der Waals surface area contributed by atoms with E-state index in [1.54, 1.807) is 0 Å². The van der Waals surface area contributed by atoms with Crippen LogP contribution in [0.2, 0.25) is 0 Å². The average Bonchev–Trinajstić information content (AvgIpc) is 3.17. The number of rotatable bonds is 1. The van der Waals surface area contributed by atoms with Gasteiger partial charge in [-0.15, -0.1) is 0 Å². The van der Waals surface area contributed by atoms with Crippen molar-refractivity contribution in [3.8, 4) is 0 Å². The van der Waals surface area contributed by atoms with Crippen LogP contribution in [0.25, 0.3) is 10.9 Å². The number of para-hydroxylation sites is 1. The average molecular weight is 327 g/mol. The maximum absolute atomic E-state index is 12.9. The van der Waals surface area contributed by atoms with Crippen molar-refractivity contribution in [1.29, 1.82) is 0 Å². The predicted octanol–water partition coefficient (Wildman–Crippen LogP) is 3.37. The van der Waals surface area contributed by atoms with Crippen LogP contribution < -0.4 is 5.32 Å². The fourth-order valence-corrected chi connectivity index (χ4v) is 4.37. The summed E-state index contributed by atoms with van der Waals surface area (Å²) in [5, 5.41) is 4.79. The van der Waals surface area contributed by atoms with Crippen molar-refractivity contribution in [3.05, 3.63) is 36.0 Å². The van der Waals surface area contributed by atoms with Crippen molar-refractivity contribution >= 4 is 17.0 Å². The van der Waals surface area contributed by atoms with Gasteiger partial charge >= 0.3 is 6.09 Å². The first kappa shape index (κ1) is 15.5. The molecule has 0 radical (unpaired) electrons. The van der Waals surface area contributed by atoms with Gasteiger partial charge < -0.3 is 15.0 Å². The number of carbonyl (C=O) groups is 1. The van der Waals surface area contributed by atoms with Gasteiger partial charge in [0.1, 0.15) is 5.60 Å². The first-order valence-corrected chi connectivity index (χ1v) is 8.72. The van der Waals surface area contributed by atoms with Gasteiger partial charge in [-0.05, 0) is 46.2 Å². The molecule has 1 aromatic carbocycles. The molecular weight excluding hydrogens is 302 g/mol. The maximum Gasteiger partial charge on any atom is 0.411 e. The largest absolute Gasteiger partial charge is 0.444 e. The van der Waals surface area contributed by atoms with Gasteiger partial charge in [0.25, 0.3) is 0 Å². The molecule has 0 saturated carbocycles.